The Morgan fingerprint density at radius 1 is 0.519 bits per heavy atom. The van der Waals surface area contributed by atoms with Crippen molar-refractivity contribution in [3.05, 3.63) is 375 Å². The number of aromatic nitrogens is 7. The fraction of sp³-hybridized carbons (Fsp3) is 0.160. The van der Waals surface area contributed by atoms with Crippen LogP contribution in [0.5, 0.6) is 0 Å². The Bertz CT molecular complexity index is 6270. The Hall–Kier alpha value is -15.5. The molecular weight excluding hydrogens is 1840 g/mol. The number of benzodiazepines with no additional fused rings is 2. The van der Waals surface area contributed by atoms with Crippen LogP contribution < -0.4 is 56.5 Å². The number of rotatable bonds is 16. The summed E-state index contributed by atoms with van der Waals surface area (Å²) in [7, 11) is 1.52. The van der Waals surface area contributed by atoms with Crippen molar-refractivity contribution in [3.8, 4) is 6.07 Å². The molecule has 2 aliphatic heterocycles. The number of Topliss-reactive ketones (excluding diaryl/α,β-unsaturated/α-hetero) is 1. The zero-order valence-electron chi connectivity index (χ0n) is 71.7. The predicted molar refractivity (Wildman–Crippen MR) is 475 cm³/mol. The monoisotopic (exact) mass is 1920 g/mol. The number of anilines is 4. The number of carbonyl (C=O) groups is 7. The fourth-order valence-electron chi connectivity index (χ4n) is 11.5. The van der Waals surface area contributed by atoms with Crippen LogP contribution in [0, 0.1) is 18.3 Å². The number of nitrogens with two attached hydrogens (primary N) is 2. The number of benzene rings is 8. The maximum Gasteiger partial charge on any atom is 1.00 e. The number of hydrogen-bond acceptors (Lipinski definition) is 21. The van der Waals surface area contributed by atoms with E-state index in [4.69, 9.17) is 30.9 Å². The molecule has 0 saturated carbocycles. The second-order valence-corrected chi connectivity index (χ2v) is 28.8. The molecule has 135 heavy (non-hydrogen) atoms. The number of ether oxygens (including phenoxy) is 3. The van der Waals surface area contributed by atoms with Gasteiger partial charge in [0, 0.05) is 59.9 Å². The van der Waals surface area contributed by atoms with Crippen LogP contribution in [0.15, 0.2) is 300 Å². The maximum atomic E-state index is 13.1. The van der Waals surface area contributed by atoms with E-state index in [1.54, 1.807) is 146 Å². The first-order valence-electron chi connectivity index (χ1n) is 39.7. The molecule has 5 amide bonds. The number of para-hydroxylation sites is 5. The van der Waals surface area contributed by atoms with Crippen LogP contribution in [-0.2, 0) is 73.1 Å². The Morgan fingerprint density at radius 3 is 1.40 bits per heavy atom. The number of alkyl carbamates (subject to hydrolysis) is 3. The summed E-state index contributed by atoms with van der Waals surface area (Å²) < 4.78 is 168. The molecule has 15 rings (SSSR count). The van der Waals surface area contributed by atoms with Crippen LogP contribution >= 0.6 is 15.9 Å². The third-order valence-corrected chi connectivity index (χ3v) is 18.9. The van der Waals surface area contributed by atoms with Gasteiger partial charge in [-0.2, -0.15) is 64.4 Å². The third-order valence-electron chi connectivity index (χ3n) is 18.4. The largest absolute Gasteiger partial charge is 1.00 e. The van der Waals surface area contributed by atoms with Crippen molar-refractivity contribution in [3.63, 3.8) is 0 Å². The summed E-state index contributed by atoms with van der Waals surface area (Å²) in [5.41, 5.74) is 15.0. The van der Waals surface area contributed by atoms with Crippen molar-refractivity contribution >= 4 is 103 Å². The van der Waals surface area contributed by atoms with Crippen molar-refractivity contribution in [1.29, 1.82) is 5.26 Å². The van der Waals surface area contributed by atoms with Gasteiger partial charge in [0.1, 0.15) is 41.7 Å². The number of ketones is 2. The van der Waals surface area contributed by atoms with E-state index in [-0.39, 0.29) is 84.2 Å². The number of amides is 5. The molecule has 27 nitrogen and oxygen atoms in total. The Kier molecular flexibility index (Phi) is 38.6. The summed E-state index contributed by atoms with van der Waals surface area (Å²) in [6.07, 6.45) is -19.0. The van der Waals surface area contributed by atoms with Gasteiger partial charge in [0.25, 0.3) is 11.8 Å². The number of nitrogen functional groups attached to an aromatic ring is 2. The van der Waals surface area contributed by atoms with Gasteiger partial charge in [-0.25, -0.2) is 34.0 Å². The topological polar surface area (TPSA) is 381 Å². The molecular formula is C94H79BrF12LiN17O10. The van der Waals surface area contributed by atoms with E-state index in [0.29, 0.717) is 68.0 Å². The molecule has 7 heterocycles. The van der Waals surface area contributed by atoms with Crippen molar-refractivity contribution in [2.24, 2.45) is 9.98 Å². The molecule has 0 radical (unpaired) electrons. The number of alkyl halides is 12. The standard InChI is InChI=1S/C24H19F3N4O3.C23H17F3N4O3.C17H16N4O3.C13H9F3N2O.C7H6N2.C6H3BrF3N.C4H9.Li/c1-31-19-10-6-5-9-17(19)20(18-12-11-16(13-28-18)24(25,26)27)29-21(22(31)32)30-23(33)34-14-15-7-3-2-4-8-15;24-23(25,26)15-10-11-18(27-12-15)19-16-8-4-5-9-17(16)28-21(31)20(29-19)30-22(32)33-13-14-6-2-1-3-7-14;1-12(22)16(21-15-10-6-5-9-14(15)19-20-21)18-17(23)24-11-13-7-3-2-4-8-13;14-13(15,16)8-5-6-11(18-7-8)12(19)9-3-1-2-4-10(9)17;8-5-6-3-1-2-4-7(6)9;7-5-2-1-4(3-11-5)6(8,9)10;1-3-4-2;/h2-13,21H,14H2,1H3,(H,30,33);1-12,20H,13H2,(H,28,31)(H,30,32);2-10,16H,11H2,1H3,(H,18,23);1-7H,17H2;1-4H,9H2;1-3H;1,3-4H2,2H3;/q;;;;;;-1;+1. The number of hydrogen-bond donors (Lipinski definition) is 6. The first kappa shape index (κ1) is 105. The summed E-state index contributed by atoms with van der Waals surface area (Å²) in [4.78, 5) is 111. The molecule has 0 aliphatic carbocycles. The molecule has 2 aliphatic rings. The third kappa shape index (κ3) is 31.4. The summed E-state index contributed by atoms with van der Waals surface area (Å²) >= 11 is 2.93. The minimum Gasteiger partial charge on any atom is -0.445 e. The smallest absolute Gasteiger partial charge is 0.445 e. The molecule has 8 N–H and O–H groups in total. The number of nitriles is 1. The number of fused-ring (bicyclic) bond motifs is 3. The molecule has 0 spiro atoms. The van der Waals surface area contributed by atoms with Gasteiger partial charge in [-0.15, -0.1) is 5.10 Å². The number of halogens is 13. The first-order chi connectivity index (χ1) is 63.8. The summed E-state index contributed by atoms with van der Waals surface area (Å²) in [6.45, 7) is 7.19. The van der Waals surface area contributed by atoms with Crippen LogP contribution in [0.1, 0.15) is 116 Å². The van der Waals surface area contributed by atoms with Gasteiger partial charge in [0.05, 0.1) is 67.5 Å². The Labute approximate surface area is 783 Å². The Morgan fingerprint density at radius 2 is 0.941 bits per heavy atom. The summed E-state index contributed by atoms with van der Waals surface area (Å²) in [5, 5.41) is 26.3. The number of aliphatic imine (C=N–C) groups is 2. The van der Waals surface area contributed by atoms with Crippen molar-refractivity contribution in [1.82, 2.24) is 50.9 Å². The van der Waals surface area contributed by atoms with E-state index < -0.39 is 101 Å². The molecule has 41 heteroatoms. The number of nitrogens with one attached hydrogen (secondary N) is 4. The quantitative estimate of drug-likeness (QED) is 0.00995. The van der Waals surface area contributed by atoms with Crippen LogP contribution in [0.4, 0.5) is 89.8 Å². The maximum absolute atomic E-state index is 13.1. The zero-order valence-corrected chi connectivity index (χ0v) is 73.3. The van der Waals surface area contributed by atoms with E-state index in [1.165, 1.54) is 60.3 Å². The van der Waals surface area contributed by atoms with Crippen LogP contribution in [0.3, 0.4) is 0 Å². The minimum atomic E-state index is -4.54. The molecule has 8 aromatic carbocycles. The van der Waals surface area contributed by atoms with Gasteiger partial charge in [0.2, 0.25) is 18.1 Å². The molecule has 3 unspecified atom stereocenters. The van der Waals surface area contributed by atoms with Gasteiger partial charge in [0.15, 0.2) is 11.9 Å². The number of pyridine rings is 4. The minimum absolute atomic E-state index is 0. The molecule has 0 saturated heterocycles. The van der Waals surface area contributed by atoms with Gasteiger partial charge < -0.3 is 42.8 Å². The van der Waals surface area contributed by atoms with Crippen LogP contribution in [0.2, 0.25) is 0 Å². The second-order valence-electron chi connectivity index (χ2n) is 28.0. The van der Waals surface area contributed by atoms with Crippen LogP contribution in [0.25, 0.3) is 11.0 Å². The van der Waals surface area contributed by atoms with Crippen molar-refractivity contribution in [2.75, 3.05) is 28.7 Å². The second kappa shape index (κ2) is 49.7. The Balaban J connectivity index is 0.000000207. The molecule has 3 atom stereocenters. The summed E-state index contributed by atoms with van der Waals surface area (Å²) in [6, 6.07) is 71.3. The fourth-order valence-corrected chi connectivity index (χ4v) is 11.7. The molecule has 13 aromatic rings. The van der Waals surface area contributed by atoms with E-state index in [1.807, 2.05) is 60.7 Å². The predicted octanol–water partition coefficient (Wildman–Crippen LogP) is 16.3. The van der Waals surface area contributed by atoms with Gasteiger partial charge in [-0.05, 0) is 137 Å². The van der Waals surface area contributed by atoms with E-state index in [9.17, 15) is 86.2 Å². The number of likely N-dealkylation sites (N-methyl/N-ethyl adjacent to an activating group) is 1. The SMILES string of the molecule is CC(=O)C(NC(=O)OCc1ccccc1)n1nnc2ccccc21.CN1C(=O)C(NC(=O)OCc2ccccc2)N=C(c2ccc(C(F)(F)F)cn2)c2ccccc21.FC(F)(F)c1ccc(Br)nc1.N#Cc1ccccc1N.Nc1ccccc1C(=O)c1ccc(C(F)(F)F)cn1.O=C(NC1N=C(c2ccc(C(F)(F)F)cn2)c2ccccc2NC1=O)OCc1ccccc1.[CH2-]CCC.[Li+]. The zero-order chi connectivity index (χ0) is 97.3. The van der Waals surface area contributed by atoms with Crippen LogP contribution in [-0.4, -0.2) is 107 Å². The first-order valence-corrected chi connectivity index (χ1v) is 40.5. The van der Waals surface area contributed by atoms with E-state index in [0.717, 1.165) is 59.6 Å². The van der Waals surface area contributed by atoms with Crippen molar-refractivity contribution < 1.29 is 119 Å². The van der Waals surface area contributed by atoms with Gasteiger partial charge in [-0.3, -0.25) is 50.1 Å². The number of nitrogens with zero attached hydrogens (tertiary/aromatic N) is 11. The van der Waals surface area contributed by atoms with Crippen molar-refractivity contribution in [2.45, 2.75) is 89.7 Å². The summed E-state index contributed by atoms with van der Waals surface area (Å²) in [5.74, 6) is -1.97. The number of carbonyl (C=O) groups excluding carboxylic acids is 7. The average Bonchev–Trinajstić information content (AvgIpc) is 1.62. The van der Waals surface area contributed by atoms with Gasteiger partial charge in [-0.1, -0.05) is 182 Å². The number of unbranched alkanes of at least 4 members (excludes halogenated alkanes) is 1. The normalized spacial score (nSPS) is 13.2. The molecule has 0 fully saturated rings. The molecule has 5 aromatic heterocycles. The van der Waals surface area contributed by atoms with E-state index >= 15 is 0 Å². The average molecular weight is 1920 g/mol. The van der Waals surface area contributed by atoms with Gasteiger partial charge >= 0.3 is 61.8 Å². The van der Waals surface area contributed by atoms with E-state index in [2.05, 4.69) is 91.3 Å². The molecule has 692 valence electrons. The molecule has 0 bridgehead atoms.